The van der Waals surface area contributed by atoms with Crippen LogP contribution in [0.5, 0.6) is 5.75 Å². The molecule has 0 saturated heterocycles. The van der Waals surface area contributed by atoms with Gasteiger partial charge in [0.2, 0.25) is 0 Å². The molecule has 9 heteroatoms. The molecule has 0 aliphatic heterocycles. The topological polar surface area (TPSA) is 123 Å². The zero-order valence-electron chi connectivity index (χ0n) is 22.1. The molecule has 5 N–H and O–H groups in total. The van der Waals surface area contributed by atoms with E-state index >= 15 is 0 Å². The first-order valence-corrected chi connectivity index (χ1v) is 14.7. The Balaban J connectivity index is 1.04. The van der Waals surface area contributed by atoms with Gasteiger partial charge in [0.25, 0.3) is 5.91 Å². The Labute approximate surface area is 232 Å². The molecule has 0 spiro atoms. The fourth-order valence-electron chi connectivity index (χ4n) is 5.59. The molecule has 2 saturated carbocycles. The maximum atomic E-state index is 12.4. The van der Waals surface area contributed by atoms with Crippen molar-refractivity contribution >= 4 is 33.3 Å². The lowest BCUT2D eigenvalue weighted by molar-refractivity contribution is -0.152. The Bertz CT molecular complexity index is 1260. The molecule has 1 aromatic heterocycles. The lowest BCUT2D eigenvalue weighted by Crippen LogP contribution is -2.43. The zero-order valence-corrected chi connectivity index (χ0v) is 22.9. The van der Waals surface area contributed by atoms with Crippen LogP contribution in [0.4, 0.5) is 0 Å². The Hall–Kier alpha value is -2.98. The smallest absolute Gasteiger partial charge is 0.323 e. The first-order chi connectivity index (χ1) is 19.0. The number of carbonyl (C=O) groups is 2. The van der Waals surface area contributed by atoms with Gasteiger partial charge in [-0.3, -0.25) is 14.8 Å². The number of thiophene rings is 1. The number of esters is 1. The third-order valence-corrected chi connectivity index (χ3v) is 8.97. The summed E-state index contributed by atoms with van der Waals surface area (Å²) in [6, 6.07) is 15.5. The molecule has 1 heterocycles. The molecule has 1 amide bonds. The van der Waals surface area contributed by atoms with Crippen LogP contribution in [0, 0.1) is 5.92 Å². The second kappa shape index (κ2) is 12.9. The highest BCUT2D eigenvalue weighted by molar-refractivity contribution is 7.20. The first-order valence-electron chi connectivity index (χ1n) is 13.9. The van der Waals surface area contributed by atoms with Crippen molar-refractivity contribution in [3.8, 4) is 5.75 Å². The highest BCUT2D eigenvalue weighted by Crippen LogP contribution is 2.31. The second-order valence-electron chi connectivity index (χ2n) is 10.7. The van der Waals surface area contributed by atoms with Crippen molar-refractivity contribution in [1.82, 2.24) is 10.8 Å². The molecule has 39 heavy (non-hydrogen) atoms. The van der Waals surface area contributed by atoms with Gasteiger partial charge in [0, 0.05) is 17.8 Å². The summed E-state index contributed by atoms with van der Waals surface area (Å²) in [4.78, 5) is 24.6. The second-order valence-corrected chi connectivity index (χ2v) is 11.8. The van der Waals surface area contributed by atoms with Crippen LogP contribution in [-0.4, -0.2) is 35.3 Å². The molecule has 5 rings (SSSR count). The predicted molar refractivity (Wildman–Crippen MR) is 151 cm³/mol. The van der Waals surface area contributed by atoms with Gasteiger partial charge in [-0.25, -0.2) is 5.48 Å². The van der Waals surface area contributed by atoms with Crippen LogP contribution in [0.15, 0.2) is 48.5 Å². The fraction of sp³-hybridized carbons (Fsp3) is 0.467. The van der Waals surface area contributed by atoms with Crippen LogP contribution in [0.2, 0.25) is 0 Å². The monoisotopic (exact) mass is 551 g/mol. The molecule has 208 valence electrons. The lowest BCUT2D eigenvalue weighted by Gasteiger charge is -2.31. The maximum absolute atomic E-state index is 12.4. The minimum Gasteiger partial charge on any atom is -0.490 e. The quantitative estimate of drug-likeness (QED) is 0.158. The van der Waals surface area contributed by atoms with Gasteiger partial charge in [-0.2, -0.15) is 0 Å². The predicted octanol–water partition coefficient (Wildman–Crippen LogP) is 5.06. The number of hydrogen-bond donors (Lipinski definition) is 4. The number of hydrogen-bond acceptors (Lipinski definition) is 8. The van der Waals surface area contributed by atoms with Crippen molar-refractivity contribution in [1.29, 1.82) is 0 Å². The fourth-order valence-corrected chi connectivity index (χ4v) is 6.61. The van der Waals surface area contributed by atoms with E-state index in [9.17, 15) is 9.59 Å². The van der Waals surface area contributed by atoms with E-state index in [0.717, 1.165) is 84.9 Å². The molecule has 3 aromatic rings. The van der Waals surface area contributed by atoms with E-state index in [4.69, 9.17) is 20.4 Å². The molecule has 1 atom stereocenters. The molecule has 2 aliphatic rings. The largest absolute Gasteiger partial charge is 0.490 e. The number of nitrogens with one attached hydrogen (secondary N) is 2. The normalized spacial score (nSPS) is 20.6. The third kappa shape index (κ3) is 7.16. The summed E-state index contributed by atoms with van der Waals surface area (Å²) in [6.07, 6.45) is 7.94. The number of nitrogens with two attached hydrogens (primary N) is 1. The summed E-state index contributed by atoms with van der Waals surface area (Å²) in [7, 11) is 0. The van der Waals surface area contributed by atoms with Gasteiger partial charge in [0.1, 0.15) is 17.9 Å². The number of benzene rings is 2. The maximum Gasteiger partial charge on any atom is 0.323 e. The Morgan fingerprint density at radius 2 is 1.62 bits per heavy atom. The molecule has 1 unspecified atom stereocenters. The van der Waals surface area contributed by atoms with Gasteiger partial charge >= 0.3 is 5.97 Å². The van der Waals surface area contributed by atoms with Gasteiger partial charge in [0.05, 0.1) is 11.0 Å². The van der Waals surface area contributed by atoms with Crippen LogP contribution in [-0.2, 0) is 22.6 Å². The molecular formula is C30H37N3O5S. The highest BCUT2D eigenvalue weighted by Gasteiger charge is 2.32. The third-order valence-electron chi connectivity index (χ3n) is 7.88. The Kier molecular flexibility index (Phi) is 9.13. The summed E-state index contributed by atoms with van der Waals surface area (Å²) in [6.45, 7) is 1.42. The van der Waals surface area contributed by atoms with Crippen molar-refractivity contribution in [2.75, 3.05) is 0 Å². The van der Waals surface area contributed by atoms with Gasteiger partial charge in [-0.05, 0) is 98.1 Å². The van der Waals surface area contributed by atoms with E-state index < -0.39 is 11.9 Å². The van der Waals surface area contributed by atoms with E-state index in [-0.39, 0.29) is 24.1 Å². The summed E-state index contributed by atoms with van der Waals surface area (Å²) in [5.74, 6) is 0.299. The Morgan fingerprint density at radius 3 is 2.33 bits per heavy atom. The minimum atomic E-state index is -0.532. The number of hydroxylamine groups is 1. The molecule has 2 fully saturated rings. The molecule has 2 aromatic carbocycles. The number of ether oxygens (including phenoxy) is 2. The Morgan fingerprint density at radius 1 is 0.923 bits per heavy atom. The van der Waals surface area contributed by atoms with E-state index in [2.05, 4.69) is 23.5 Å². The SMILES string of the molecule is NC(C(=O)OC1CCCC1)C1CCC(Oc2ccc(CNCc3ccc4cc(C(=O)NO)sc4c3)cc2)CC1. The van der Waals surface area contributed by atoms with Crippen molar-refractivity contribution in [3.05, 3.63) is 64.5 Å². The lowest BCUT2D eigenvalue weighted by atomic mass is 9.83. The van der Waals surface area contributed by atoms with Gasteiger partial charge < -0.3 is 20.5 Å². The van der Waals surface area contributed by atoms with Crippen molar-refractivity contribution in [2.24, 2.45) is 11.7 Å². The first kappa shape index (κ1) is 27.6. The van der Waals surface area contributed by atoms with Crippen molar-refractivity contribution in [2.45, 2.75) is 82.7 Å². The standard InChI is InChI=1S/C30H37N3O5S/c31-28(30(35)38-23-3-1-2-4-23)21-9-13-25(14-10-21)37-24-11-6-19(7-12-24)17-32-18-20-5-8-22-16-27(29(34)33-36)39-26(22)15-20/h5-8,11-12,15-16,21,23,25,28,32,36H,1-4,9-10,13-14,17-18,31H2,(H,33,34). The average Bonchev–Trinajstić information content (AvgIpc) is 3.63. The van der Waals surface area contributed by atoms with Gasteiger partial charge in [-0.15, -0.1) is 11.3 Å². The molecule has 0 bridgehead atoms. The average molecular weight is 552 g/mol. The summed E-state index contributed by atoms with van der Waals surface area (Å²) >= 11 is 1.36. The van der Waals surface area contributed by atoms with E-state index in [1.165, 1.54) is 11.3 Å². The molecule has 8 nitrogen and oxygen atoms in total. The van der Waals surface area contributed by atoms with Gasteiger partial charge in [-0.1, -0.05) is 24.3 Å². The van der Waals surface area contributed by atoms with Crippen LogP contribution in [0.1, 0.15) is 72.2 Å². The van der Waals surface area contributed by atoms with Crippen LogP contribution >= 0.6 is 11.3 Å². The summed E-state index contributed by atoms with van der Waals surface area (Å²) in [5, 5.41) is 13.3. The van der Waals surface area contributed by atoms with E-state index in [1.54, 1.807) is 11.5 Å². The summed E-state index contributed by atoms with van der Waals surface area (Å²) in [5.41, 5.74) is 10.2. The van der Waals surface area contributed by atoms with E-state index in [1.807, 2.05) is 24.3 Å². The van der Waals surface area contributed by atoms with Crippen molar-refractivity contribution in [3.63, 3.8) is 0 Å². The van der Waals surface area contributed by atoms with Crippen molar-refractivity contribution < 1.29 is 24.3 Å². The van der Waals surface area contributed by atoms with Crippen LogP contribution in [0.25, 0.3) is 10.1 Å². The number of rotatable bonds is 10. The van der Waals surface area contributed by atoms with Gasteiger partial charge in [0.15, 0.2) is 0 Å². The molecule has 0 radical (unpaired) electrons. The molecule has 2 aliphatic carbocycles. The molecular weight excluding hydrogens is 514 g/mol. The summed E-state index contributed by atoms with van der Waals surface area (Å²) < 4.78 is 12.9. The highest BCUT2D eigenvalue weighted by atomic mass is 32.1. The van der Waals surface area contributed by atoms with E-state index in [0.29, 0.717) is 11.4 Å². The zero-order chi connectivity index (χ0) is 27.2. The number of fused-ring (bicyclic) bond motifs is 1. The van der Waals surface area contributed by atoms with Crippen LogP contribution < -0.4 is 21.3 Å². The minimum absolute atomic E-state index is 0.0642. The van der Waals surface area contributed by atoms with Crippen LogP contribution in [0.3, 0.4) is 0 Å². The number of amides is 1. The number of carbonyl (C=O) groups excluding carboxylic acids is 2.